The van der Waals surface area contributed by atoms with Gasteiger partial charge in [-0.3, -0.25) is 19.1 Å². The molecule has 1 saturated heterocycles. The first-order valence-electron chi connectivity index (χ1n) is 5.16. The number of carbonyl (C=O) groups excluding carboxylic acids is 1. The monoisotopic (exact) mass is 242 g/mol. The highest BCUT2D eigenvalue weighted by Crippen LogP contribution is 2.27. The summed E-state index contributed by atoms with van der Waals surface area (Å²) < 4.78 is 19.3. The number of ketones is 1. The van der Waals surface area contributed by atoms with Crippen LogP contribution < -0.4 is 11.2 Å². The molecular formula is C10H11FN2O4. The van der Waals surface area contributed by atoms with Gasteiger partial charge in [0.05, 0.1) is 6.20 Å². The van der Waals surface area contributed by atoms with E-state index in [0.29, 0.717) is 12.8 Å². The first-order valence-corrected chi connectivity index (χ1v) is 5.16. The Morgan fingerprint density at radius 3 is 2.82 bits per heavy atom. The summed E-state index contributed by atoms with van der Waals surface area (Å²) in [6.07, 6.45) is 0.432. The van der Waals surface area contributed by atoms with Crippen molar-refractivity contribution in [2.24, 2.45) is 0 Å². The van der Waals surface area contributed by atoms with E-state index in [0.717, 1.165) is 10.8 Å². The highest BCUT2D eigenvalue weighted by molar-refractivity contribution is 5.80. The summed E-state index contributed by atoms with van der Waals surface area (Å²) >= 11 is 0. The van der Waals surface area contributed by atoms with E-state index < -0.39 is 29.4 Å². The molecule has 1 N–H and O–H groups in total. The van der Waals surface area contributed by atoms with Crippen molar-refractivity contribution in [1.82, 2.24) is 9.55 Å². The number of nitrogens with zero attached hydrogens (tertiary/aromatic N) is 1. The third-order valence-corrected chi connectivity index (χ3v) is 2.69. The number of ether oxygens (including phenoxy) is 1. The van der Waals surface area contributed by atoms with Crippen molar-refractivity contribution in [3.63, 3.8) is 0 Å². The summed E-state index contributed by atoms with van der Waals surface area (Å²) in [5.74, 6) is -1.19. The lowest BCUT2D eigenvalue weighted by Gasteiger charge is -2.14. The van der Waals surface area contributed by atoms with E-state index in [4.69, 9.17) is 4.74 Å². The van der Waals surface area contributed by atoms with Crippen molar-refractivity contribution in [3.05, 3.63) is 32.9 Å². The van der Waals surface area contributed by atoms with Crippen molar-refractivity contribution in [2.45, 2.75) is 32.1 Å². The zero-order chi connectivity index (χ0) is 12.6. The fourth-order valence-electron chi connectivity index (χ4n) is 1.80. The fourth-order valence-corrected chi connectivity index (χ4v) is 1.80. The van der Waals surface area contributed by atoms with Crippen LogP contribution in [0.3, 0.4) is 0 Å². The van der Waals surface area contributed by atoms with Crippen LogP contribution in [0.2, 0.25) is 0 Å². The largest absolute Gasteiger partial charge is 0.347 e. The van der Waals surface area contributed by atoms with Gasteiger partial charge in [-0.05, 0) is 19.8 Å². The number of H-pyrrole nitrogens is 1. The molecule has 2 atom stereocenters. The van der Waals surface area contributed by atoms with E-state index in [-0.39, 0.29) is 5.78 Å². The minimum Gasteiger partial charge on any atom is -0.347 e. The summed E-state index contributed by atoms with van der Waals surface area (Å²) in [5, 5.41) is 0. The summed E-state index contributed by atoms with van der Waals surface area (Å²) in [4.78, 5) is 35.2. The van der Waals surface area contributed by atoms with Gasteiger partial charge >= 0.3 is 5.69 Å². The van der Waals surface area contributed by atoms with Crippen LogP contribution >= 0.6 is 0 Å². The van der Waals surface area contributed by atoms with E-state index in [2.05, 4.69) is 0 Å². The summed E-state index contributed by atoms with van der Waals surface area (Å²) in [6.45, 7) is 1.39. The molecule has 0 aliphatic carbocycles. The minimum absolute atomic E-state index is 0.134. The molecule has 2 rings (SSSR count). The number of aromatic amines is 1. The SMILES string of the molecule is CC(=O)[C@@H]1CCC(n2cc(F)c(=O)[nH]c2=O)O1. The van der Waals surface area contributed by atoms with Gasteiger partial charge in [-0.15, -0.1) is 0 Å². The second kappa shape index (κ2) is 4.25. The zero-order valence-corrected chi connectivity index (χ0v) is 9.10. The number of carbonyl (C=O) groups is 1. The summed E-state index contributed by atoms with van der Waals surface area (Å²) in [7, 11) is 0. The molecule has 0 bridgehead atoms. The van der Waals surface area contributed by atoms with Gasteiger partial charge in [0.2, 0.25) is 5.82 Å². The van der Waals surface area contributed by atoms with E-state index in [1.165, 1.54) is 6.92 Å². The molecule has 0 radical (unpaired) electrons. The molecule has 0 saturated carbocycles. The lowest BCUT2D eigenvalue weighted by atomic mass is 10.2. The summed E-state index contributed by atoms with van der Waals surface area (Å²) in [6, 6.07) is 0. The normalized spacial score (nSPS) is 23.9. The lowest BCUT2D eigenvalue weighted by molar-refractivity contribution is -0.129. The van der Waals surface area contributed by atoms with E-state index >= 15 is 0 Å². The third kappa shape index (κ3) is 2.19. The van der Waals surface area contributed by atoms with Crippen LogP contribution in [0.25, 0.3) is 0 Å². The number of hydrogen-bond donors (Lipinski definition) is 1. The van der Waals surface area contributed by atoms with Crippen molar-refractivity contribution in [2.75, 3.05) is 0 Å². The van der Waals surface area contributed by atoms with E-state index in [1.807, 2.05) is 4.98 Å². The highest BCUT2D eigenvalue weighted by atomic mass is 19.1. The molecule has 1 fully saturated rings. The molecule has 1 aromatic rings. The molecule has 17 heavy (non-hydrogen) atoms. The van der Waals surface area contributed by atoms with Crippen LogP contribution in [-0.4, -0.2) is 21.4 Å². The molecule has 92 valence electrons. The van der Waals surface area contributed by atoms with Crippen LogP contribution in [0.1, 0.15) is 26.0 Å². The Morgan fingerprint density at radius 1 is 1.53 bits per heavy atom. The smallest absolute Gasteiger partial charge is 0.330 e. The highest BCUT2D eigenvalue weighted by Gasteiger charge is 2.30. The van der Waals surface area contributed by atoms with Gasteiger partial charge in [0.15, 0.2) is 5.78 Å². The van der Waals surface area contributed by atoms with Crippen LogP contribution in [0, 0.1) is 5.82 Å². The topological polar surface area (TPSA) is 81.2 Å². The molecular weight excluding hydrogens is 231 g/mol. The second-order valence-corrected chi connectivity index (χ2v) is 3.91. The number of nitrogens with one attached hydrogen (secondary N) is 1. The number of halogens is 1. The van der Waals surface area contributed by atoms with Gasteiger partial charge in [0, 0.05) is 0 Å². The van der Waals surface area contributed by atoms with Crippen molar-refractivity contribution in [1.29, 1.82) is 0 Å². The van der Waals surface area contributed by atoms with Crippen LogP contribution in [0.4, 0.5) is 4.39 Å². The standard InChI is InChI=1S/C10H11FN2O4/c1-5(14)7-2-3-8(17-7)13-4-6(11)9(15)12-10(13)16/h4,7-8H,2-3H2,1H3,(H,12,15,16)/t7-,8?/m0/s1. The van der Waals surface area contributed by atoms with Crippen molar-refractivity contribution < 1.29 is 13.9 Å². The van der Waals surface area contributed by atoms with Gasteiger partial charge in [0.25, 0.3) is 5.56 Å². The maximum atomic E-state index is 13.0. The predicted molar refractivity (Wildman–Crippen MR) is 55.1 cm³/mol. The maximum absolute atomic E-state index is 13.0. The van der Waals surface area contributed by atoms with Crippen molar-refractivity contribution >= 4 is 5.78 Å². The second-order valence-electron chi connectivity index (χ2n) is 3.91. The molecule has 7 heteroatoms. The lowest BCUT2D eigenvalue weighted by Crippen LogP contribution is -2.34. The average molecular weight is 242 g/mol. The van der Waals surface area contributed by atoms with E-state index in [9.17, 15) is 18.8 Å². The molecule has 1 aliphatic heterocycles. The molecule has 0 aromatic carbocycles. The molecule has 1 aliphatic rings. The van der Waals surface area contributed by atoms with Crippen LogP contribution in [0.15, 0.2) is 15.8 Å². The quantitative estimate of drug-likeness (QED) is 0.787. The van der Waals surface area contributed by atoms with Gasteiger partial charge in [-0.25, -0.2) is 4.79 Å². The Hall–Kier alpha value is -1.76. The molecule has 0 spiro atoms. The Balaban J connectivity index is 2.31. The van der Waals surface area contributed by atoms with E-state index in [1.54, 1.807) is 0 Å². The first kappa shape index (κ1) is 11.7. The Bertz CT molecular complexity index is 562. The summed E-state index contributed by atoms with van der Waals surface area (Å²) in [5.41, 5.74) is -1.81. The minimum atomic E-state index is -1.06. The Morgan fingerprint density at radius 2 is 2.24 bits per heavy atom. The number of aromatic nitrogens is 2. The average Bonchev–Trinajstić information content (AvgIpc) is 2.72. The van der Waals surface area contributed by atoms with Gasteiger partial charge in [-0.2, -0.15) is 4.39 Å². The van der Waals surface area contributed by atoms with Gasteiger partial charge in [-0.1, -0.05) is 0 Å². The molecule has 6 nitrogen and oxygen atoms in total. The third-order valence-electron chi connectivity index (χ3n) is 2.69. The maximum Gasteiger partial charge on any atom is 0.330 e. The van der Waals surface area contributed by atoms with Gasteiger partial charge < -0.3 is 4.74 Å². The van der Waals surface area contributed by atoms with Crippen LogP contribution in [0.5, 0.6) is 0 Å². The van der Waals surface area contributed by atoms with Crippen LogP contribution in [-0.2, 0) is 9.53 Å². The zero-order valence-electron chi connectivity index (χ0n) is 9.10. The molecule has 1 aromatic heterocycles. The van der Waals surface area contributed by atoms with Crippen molar-refractivity contribution in [3.8, 4) is 0 Å². The van der Waals surface area contributed by atoms with Gasteiger partial charge in [0.1, 0.15) is 12.3 Å². The fraction of sp³-hybridized carbons (Fsp3) is 0.500. The molecule has 0 amide bonds. The molecule has 2 heterocycles. The first-order chi connectivity index (χ1) is 7.99. The number of Topliss-reactive ketones (excluding diaryl/α,β-unsaturated/α-hetero) is 1. The Labute approximate surface area is 95.0 Å². The number of hydrogen-bond acceptors (Lipinski definition) is 4. The predicted octanol–water partition coefficient (Wildman–Crippen LogP) is -0.0577. The Kier molecular flexibility index (Phi) is 2.93. The molecule has 1 unspecified atom stereocenters. The number of rotatable bonds is 2.